The van der Waals surface area contributed by atoms with E-state index in [9.17, 15) is 18.0 Å². The lowest BCUT2D eigenvalue weighted by atomic mass is 10.4. The number of aryl methyl sites for hydroxylation is 1. The fourth-order valence-electron chi connectivity index (χ4n) is 2.07. The summed E-state index contributed by atoms with van der Waals surface area (Å²) < 4.78 is 29.0. The van der Waals surface area contributed by atoms with E-state index in [4.69, 9.17) is 0 Å². The second-order valence-electron chi connectivity index (χ2n) is 5.96. The first-order valence-electron chi connectivity index (χ1n) is 7.54. The average molecular weight is 381 g/mol. The number of carbonyl (C=O) groups is 2. The standard InChI is InChI=1S/C15H20N6O4S/c1-18(2)11-6-8-21(9-7-11)15(23)17-26(24,25)13-10-12(20(5)16-13)14(22)19(3)4/h6-10H,1-5H3/p+1. The molecule has 0 aliphatic rings. The van der Waals surface area contributed by atoms with Gasteiger partial charge in [-0.1, -0.05) is 0 Å². The zero-order chi connectivity index (χ0) is 19.6. The average Bonchev–Trinajstić information content (AvgIpc) is 2.96. The number of hydrogen-bond acceptors (Lipinski definition) is 6. The number of sulfonamides is 1. The quantitative estimate of drug-likeness (QED) is 0.710. The van der Waals surface area contributed by atoms with Crippen molar-refractivity contribution < 1.29 is 22.6 Å². The highest BCUT2D eigenvalue weighted by Gasteiger charge is 2.30. The number of carbonyl (C=O) groups excluding carboxylic acids is 2. The molecule has 0 saturated heterocycles. The molecule has 26 heavy (non-hydrogen) atoms. The highest BCUT2D eigenvalue weighted by atomic mass is 32.2. The van der Waals surface area contributed by atoms with E-state index in [0.29, 0.717) is 0 Å². The van der Waals surface area contributed by atoms with Gasteiger partial charge in [0.05, 0.1) is 0 Å². The van der Waals surface area contributed by atoms with E-state index in [-0.39, 0.29) is 5.69 Å². The highest BCUT2D eigenvalue weighted by Crippen LogP contribution is 2.11. The van der Waals surface area contributed by atoms with Gasteiger partial charge in [-0.15, -0.1) is 4.72 Å². The number of nitrogens with zero attached hydrogens (tertiary/aromatic N) is 5. The normalized spacial score (nSPS) is 11.1. The predicted molar refractivity (Wildman–Crippen MR) is 93.3 cm³/mol. The summed E-state index contributed by atoms with van der Waals surface area (Å²) in [6.07, 6.45) is 2.89. The van der Waals surface area contributed by atoms with Crippen molar-refractivity contribution in [1.82, 2.24) is 19.4 Å². The van der Waals surface area contributed by atoms with Gasteiger partial charge < -0.3 is 9.80 Å². The number of amides is 2. The van der Waals surface area contributed by atoms with Crippen LogP contribution in [-0.2, 0) is 17.1 Å². The van der Waals surface area contributed by atoms with Crippen LogP contribution in [0.25, 0.3) is 0 Å². The van der Waals surface area contributed by atoms with Gasteiger partial charge in [0, 0.05) is 59.1 Å². The minimum absolute atomic E-state index is 0.0887. The third kappa shape index (κ3) is 3.99. The maximum Gasteiger partial charge on any atom is 0.511 e. The third-order valence-electron chi connectivity index (χ3n) is 3.54. The molecule has 11 heteroatoms. The van der Waals surface area contributed by atoms with Crippen LogP contribution in [0.3, 0.4) is 0 Å². The monoisotopic (exact) mass is 381 g/mol. The molecule has 2 amide bonds. The van der Waals surface area contributed by atoms with E-state index in [1.807, 2.05) is 23.7 Å². The molecule has 0 aliphatic heterocycles. The highest BCUT2D eigenvalue weighted by molar-refractivity contribution is 7.90. The molecule has 10 nitrogen and oxygen atoms in total. The molecule has 0 spiro atoms. The zero-order valence-electron chi connectivity index (χ0n) is 15.2. The Labute approximate surface area is 151 Å². The Morgan fingerprint density at radius 2 is 1.73 bits per heavy atom. The molecule has 2 heterocycles. The fraction of sp³-hybridized carbons (Fsp3) is 0.333. The smallest absolute Gasteiger partial charge is 0.377 e. The Kier molecular flexibility index (Phi) is 5.30. The van der Waals surface area contributed by atoms with Gasteiger partial charge in [0.1, 0.15) is 18.1 Å². The molecule has 2 aromatic heterocycles. The molecule has 0 aliphatic carbocycles. The molecular formula is C15H21N6O4S+. The van der Waals surface area contributed by atoms with Crippen LogP contribution in [0, 0.1) is 0 Å². The minimum Gasteiger partial charge on any atom is -0.377 e. The van der Waals surface area contributed by atoms with E-state index in [1.54, 1.807) is 26.2 Å². The van der Waals surface area contributed by atoms with E-state index < -0.39 is 27.0 Å². The van der Waals surface area contributed by atoms with Gasteiger partial charge in [-0.3, -0.25) is 9.48 Å². The molecule has 2 aromatic rings. The van der Waals surface area contributed by atoms with Crippen molar-refractivity contribution in [2.45, 2.75) is 5.03 Å². The van der Waals surface area contributed by atoms with Gasteiger partial charge in [-0.25, -0.2) is 0 Å². The van der Waals surface area contributed by atoms with Gasteiger partial charge >= 0.3 is 16.1 Å². The third-order valence-corrected chi connectivity index (χ3v) is 4.74. The van der Waals surface area contributed by atoms with Crippen LogP contribution < -0.4 is 14.2 Å². The maximum atomic E-state index is 12.4. The number of hydrogen-bond donors (Lipinski definition) is 1. The summed E-state index contributed by atoms with van der Waals surface area (Å²) in [6, 6.07) is 3.60. The largest absolute Gasteiger partial charge is 0.511 e. The Morgan fingerprint density at radius 3 is 2.23 bits per heavy atom. The minimum atomic E-state index is -4.23. The second kappa shape index (κ2) is 7.12. The molecule has 0 atom stereocenters. The van der Waals surface area contributed by atoms with E-state index in [1.165, 1.54) is 24.3 Å². The van der Waals surface area contributed by atoms with Crippen LogP contribution >= 0.6 is 0 Å². The van der Waals surface area contributed by atoms with Crippen LogP contribution in [0.2, 0.25) is 0 Å². The lowest BCUT2D eigenvalue weighted by Crippen LogP contribution is -2.51. The second-order valence-corrected chi connectivity index (χ2v) is 7.59. The zero-order valence-corrected chi connectivity index (χ0v) is 16.0. The van der Waals surface area contributed by atoms with Crippen LogP contribution in [0.1, 0.15) is 10.5 Å². The summed E-state index contributed by atoms with van der Waals surface area (Å²) in [5, 5.41) is 3.41. The van der Waals surface area contributed by atoms with Gasteiger partial charge in [-0.05, 0) is 0 Å². The lowest BCUT2D eigenvalue weighted by molar-refractivity contribution is -0.570. The summed E-state index contributed by atoms with van der Waals surface area (Å²) in [4.78, 5) is 27.4. The predicted octanol–water partition coefficient (Wildman–Crippen LogP) is -0.578. The molecule has 0 fully saturated rings. The topological polar surface area (TPSA) is 108 Å². The Morgan fingerprint density at radius 1 is 1.15 bits per heavy atom. The number of anilines is 1. The number of nitrogens with one attached hydrogen (secondary N) is 1. The fourth-order valence-corrected chi connectivity index (χ4v) is 3.01. The Hall–Kier alpha value is -2.95. The van der Waals surface area contributed by atoms with Crippen molar-refractivity contribution >= 4 is 27.6 Å². The van der Waals surface area contributed by atoms with Crippen molar-refractivity contribution in [2.75, 3.05) is 33.1 Å². The number of pyridine rings is 1. The summed E-state index contributed by atoms with van der Waals surface area (Å²) in [6.45, 7) is 0. The molecular weight excluding hydrogens is 360 g/mol. The molecule has 1 N–H and O–H groups in total. The Balaban J connectivity index is 2.24. The molecule has 140 valence electrons. The first-order chi connectivity index (χ1) is 12.0. The van der Waals surface area contributed by atoms with E-state index in [0.717, 1.165) is 21.0 Å². The summed E-state index contributed by atoms with van der Waals surface area (Å²) >= 11 is 0. The van der Waals surface area contributed by atoms with E-state index >= 15 is 0 Å². The van der Waals surface area contributed by atoms with Crippen LogP contribution in [-0.4, -0.2) is 63.2 Å². The van der Waals surface area contributed by atoms with E-state index in [2.05, 4.69) is 5.10 Å². The molecule has 0 bridgehead atoms. The van der Waals surface area contributed by atoms with Gasteiger partial charge in [0.25, 0.3) is 5.91 Å². The summed E-state index contributed by atoms with van der Waals surface area (Å²) in [7, 11) is 3.99. The van der Waals surface area contributed by atoms with Crippen LogP contribution in [0.4, 0.5) is 10.5 Å². The van der Waals surface area contributed by atoms with Crippen molar-refractivity contribution in [3.63, 3.8) is 0 Å². The number of rotatable bonds is 4. The molecule has 0 aromatic carbocycles. The summed E-state index contributed by atoms with van der Waals surface area (Å²) in [5.74, 6) is -0.401. The van der Waals surface area contributed by atoms with Crippen molar-refractivity contribution in [3.05, 3.63) is 36.3 Å². The molecule has 2 rings (SSSR count). The lowest BCUT2D eigenvalue weighted by Gasteiger charge is -2.10. The van der Waals surface area contributed by atoms with Crippen LogP contribution in [0.15, 0.2) is 35.6 Å². The van der Waals surface area contributed by atoms with Gasteiger partial charge in [-0.2, -0.15) is 22.9 Å². The number of aromatic nitrogens is 3. The van der Waals surface area contributed by atoms with Gasteiger partial charge in [0.2, 0.25) is 5.03 Å². The SMILES string of the molecule is CN(C)C(=O)c1cc(S(=O)(=O)NC(=O)[n+]2ccc(N(C)C)cc2)nn1C. The van der Waals surface area contributed by atoms with Crippen molar-refractivity contribution in [1.29, 1.82) is 0 Å². The molecule has 0 saturated carbocycles. The van der Waals surface area contributed by atoms with Crippen LogP contribution in [0.5, 0.6) is 0 Å². The van der Waals surface area contributed by atoms with Gasteiger partial charge in [0.15, 0.2) is 0 Å². The Bertz CT molecular complexity index is 932. The summed E-state index contributed by atoms with van der Waals surface area (Å²) in [5.41, 5.74) is 0.944. The van der Waals surface area contributed by atoms with Crippen molar-refractivity contribution in [2.24, 2.45) is 7.05 Å². The first kappa shape index (κ1) is 19.4. The first-order valence-corrected chi connectivity index (χ1v) is 9.02. The molecule has 0 unspecified atom stereocenters. The maximum absolute atomic E-state index is 12.4. The molecule has 0 radical (unpaired) electrons. The van der Waals surface area contributed by atoms with Crippen molar-refractivity contribution in [3.8, 4) is 0 Å².